The zero-order chi connectivity index (χ0) is 16.4. The monoisotopic (exact) mass is 384 g/mol. The first-order valence-corrected chi connectivity index (χ1v) is 9.22. The molecule has 3 rings (SSSR count). The predicted molar refractivity (Wildman–Crippen MR) is 92.2 cm³/mol. The summed E-state index contributed by atoms with van der Waals surface area (Å²) < 4.78 is 0.663. The van der Waals surface area contributed by atoms with E-state index in [1.165, 1.54) is 23.1 Å². The normalized spacial score (nSPS) is 19.2. The van der Waals surface area contributed by atoms with Crippen molar-refractivity contribution in [2.24, 2.45) is 5.92 Å². The molecule has 1 saturated carbocycles. The summed E-state index contributed by atoms with van der Waals surface area (Å²) in [6.45, 7) is 0. The minimum Gasteiger partial charge on any atom is -0.300 e. The van der Waals surface area contributed by atoms with Crippen molar-refractivity contribution in [3.05, 3.63) is 33.8 Å². The zero-order valence-electron chi connectivity index (χ0n) is 11.6. The van der Waals surface area contributed by atoms with Gasteiger partial charge in [-0.2, -0.15) is 5.26 Å². The molecule has 0 radical (unpaired) electrons. The van der Waals surface area contributed by atoms with Gasteiger partial charge in [-0.3, -0.25) is 4.79 Å². The Balaban J connectivity index is 1.60. The number of carbonyl (C=O) groups excluding carboxylic acids is 1. The minimum absolute atomic E-state index is 0.0842. The van der Waals surface area contributed by atoms with Crippen LogP contribution in [-0.2, 0) is 4.79 Å². The number of rotatable bonds is 5. The molecule has 1 aromatic carbocycles. The number of hydrogen-bond donors (Lipinski definition) is 1. The summed E-state index contributed by atoms with van der Waals surface area (Å²) in [7, 11) is 0. The van der Waals surface area contributed by atoms with E-state index < -0.39 is 0 Å². The fraction of sp³-hybridized carbons (Fsp3) is 0.286. The Labute approximate surface area is 151 Å². The van der Waals surface area contributed by atoms with Gasteiger partial charge in [0.25, 0.3) is 0 Å². The predicted octanol–water partition coefficient (Wildman–Crippen LogP) is 4.20. The lowest BCUT2D eigenvalue weighted by molar-refractivity contribution is -0.117. The minimum atomic E-state index is -0.108. The van der Waals surface area contributed by atoms with Gasteiger partial charge in [-0.05, 0) is 36.1 Å². The molecule has 0 bridgehead atoms. The molecule has 2 aromatic rings. The van der Waals surface area contributed by atoms with Crippen LogP contribution in [0.25, 0.3) is 0 Å². The average Bonchev–Trinajstić information content (AvgIpc) is 3.19. The van der Waals surface area contributed by atoms with Crippen LogP contribution in [0, 0.1) is 17.2 Å². The van der Waals surface area contributed by atoms with E-state index in [2.05, 4.69) is 15.5 Å². The van der Waals surface area contributed by atoms with Crippen molar-refractivity contribution in [3.8, 4) is 6.07 Å². The smallest absolute Gasteiger partial charge is 0.229 e. The number of nitrogens with one attached hydrogen (secondary N) is 1. The second-order valence-corrected chi connectivity index (χ2v) is 8.03. The van der Waals surface area contributed by atoms with E-state index in [4.69, 9.17) is 28.5 Å². The van der Waals surface area contributed by atoms with Gasteiger partial charge in [0.15, 0.2) is 4.34 Å². The maximum atomic E-state index is 12.3. The van der Waals surface area contributed by atoms with Gasteiger partial charge >= 0.3 is 0 Å². The van der Waals surface area contributed by atoms with Crippen LogP contribution < -0.4 is 5.32 Å². The molecule has 118 valence electrons. The van der Waals surface area contributed by atoms with E-state index in [9.17, 15) is 4.79 Å². The quantitative estimate of drug-likeness (QED) is 0.616. The van der Waals surface area contributed by atoms with Gasteiger partial charge in [0.2, 0.25) is 11.0 Å². The van der Waals surface area contributed by atoms with Crippen LogP contribution >= 0.6 is 46.3 Å². The number of aromatic nitrogens is 2. The van der Waals surface area contributed by atoms with Crippen molar-refractivity contribution in [1.82, 2.24) is 10.2 Å². The van der Waals surface area contributed by atoms with Gasteiger partial charge in [0.1, 0.15) is 0 Å². The molecule has 1 amide bonds. The van der Waals surface area contributed by atoms with E-state index >= 15 is 0 Å². The molecule has 1 heterocycles. The second kappa shape index (κ2) is 7.05. The number of carbonyl (C=O) groups is 1. The topological polar surface area (TPSA) is 78.7 Å². The third-order valence-electron chi connectivity index (χ3n) is 3.34. The molecular formula is C14H10Cl2N4OS2. The third kappa shape index (κ3) is 4.15. The van der Waals surface area contributed by atoms with Gasteiger partial charge < -0.3 is 5.32 Å². The summed E-state index contributed by atoms with van der Waals surface area (Å²) in [5.74, 6) is 0.247. The molecule has 1 aliphatic carbocycles. The summed E-state index contributed by atoms with van der Waals surface area (Å²) in [4.78, 5) is 12.3. The van der Waals surface area contributed by atoms with Crippen LogP contribution in [0.1, 0.15) is 17.9 Å². The zero-order valence-corrected chi connectivity index (χ0v) is 14.8. The van der Waals surface area contributed by atoms with Crippen molar-refractivity contribution in [2.45, 2.75) is 16.7 Å². The lowest BCUT2D eigenvalue weighted by Gasteiger charge is -2.03. The van der Waals surface area contributed by atoms with Crippen LogP contribution in [-0.4, -0.2) is 21.9 Å². The lowest BCUT2D eigenvalue weighted by Crippen LogP contribution is -2.14. The Morgan fingerprint density at radius 2 is 2.13 bits per heavy atom. The Morgan fingerprint density at radius 3 is 2.83 bits per heavy atom. The number of nitrogens with zero attached hydrogens (tertiary/aromatic N) is 3. The van der Waals surface area contributed by atoms with Crippen molar-refractivity contribution in [1.29, 1.82) is 5.26 Å². The number of thioether (sulfide) groups is 1. The third-order valence-corrected chi connectivity index (χ3v) is 5.61. The molecule has 1 fully saturated rings. The Kier molecular flexibility index (Phi) is 5.07. The largest absolute Gasteiger partial charge is 0.300 e. The fourth-order valence-electron chi connectivity index (χ4n) is 2.25. The first-order chi connectivity index (χ1) is 11.1. The van der Waals surface area contributed by atoms with Gasteiger partial charge in [-0.25, -0.2) is 0 Å². The summed E-state index contributed by atoms with van der Waals surface area (Å²) in [5, 5.41) is 20.7. The maximum absolute atomic E-state index is 12.3. The number of hydrogen-bond acceptors (Lipinski definition) is 6. The highest BCUT2D eigenvalue weighted by molar-refractivity contribution is 8.01. The Bertz CT molecular complexity index is 769. The van der Waals surface area contributed by atoms with Gasteiger partial charge in [0, 0.05) is 16.0 Å². The SMILES string of the molecule is N#CCSc1nnc(NC(=O)[C@H]2C[C@H]2c2cc(Cl)cc(Cl)c2)s1. The van der Waals surface area contributed by atoms with Gasteiger partial charge in [-0.15, -0.1) is 10.2 Å². The van der Waals surface area contributed by atoms with E-state index in [1.54, 1.807) is 6.07 Å². The molecule has 1 aromatic heterocycles. The summed E-state index contributed by atoms with van der Waals surface area (Å²) in [6, 6.07) is 7.37. The van der Waals surface area contributed by atoms with E-state index in [0.717, 1.165) is 12.0 Å². The molecule has 2 atom stereocenters. The van der Waals surface area contributed by atoms with Crippen LogP contribution in [0.4, 0.5) is 5.13 Å². The van der Waals surface area contributed by atoms with Gasteiger partial charge in [0.05, 0.1) is 11.8 Å². The summed E-state index contributed by atoms with van der Waals surface area (Å²) >= 11 is 14.6. The summed E-state index contributed by atoms with van der Waals surface area (Å²) in [6.07, 6.45) is 0.761. The van der Waals surface area contributed by atoms with Gasteiger partial charge in [-0.1, -0.05) is 46.3 Å². The molecular weight excluding hydrogens is 375 g/mol. The number of halogens is 2. The van der Waals surface area contributed by atoms with Crippen molar-refractivity contribution in [2.75, 3.05) is 11.1 Å². The molecule has 9 heteroatoms. The molecule has 23 heavy (non-hydrogen) atoms. The number of benzene rings is 1. The van der Waals surface area contributed by atoms with Crippen molar-refractivity contribution < 1.29 is 4.79 Å². The highest BCUT2D eigenvalue weighted by Gasteiger charge is 2.44. The first-order valence-electron chi connectivity index (χ1n) is 6.67. The number of nitriles is 1. The Morgan fingerprint density at radius 1 is 1.39 bits per heavy atom. The molecule has 0 unspecified atom stereocenters. The van der Waals surface area contributed by atoms with E-state index in [-0.39, 0.29) is 17.7 Å². The molecule has 5 nitrogen and oxygen atoms in total. The molecule has 0 aliphatic heterocycles. The van der Waals surface area contributed by atoms with Crippen LogP contribution in [0.2, 0.25) is 10.0 Å². The van der Waals surface area contributed by atoms with Crippen LogP contribution in [0.5, 0.6) is 0 Å². The number of amides is 1. The standard InChI is InChI=1S/C14H10Cl2N4OS2/c15-8-3-7(4-9(16)5-8)10-6-11(10)12(21)18-13-19-20-14(23-13)22-2-1-17/h3-5,10-11H,2,6H2,(H,18,19,21)/t10-,11-/m0/s1. The second-order valence-electron chi connectivity index (χ2n) is 4.96. The molecule has 0 spiro atoms. The van der Waals surface area contributed by atoms with Crippen LogP contribution in [0.15, 0.2) is 22.5 Å². The van der Waals surface area contributed by atoms with Crippen molar-refractivity contribution >= 4 is 57.3 Å². The molecule has 1 N–H and O–H groups in total. The fourth-order valence-corrected chi connectivity index (χ4v) is 4.21. The molecule has 0 saturated heterocycles. The highest BCUT2D eigenvalue weighted by Crippen LogP contribution is 2.49. The highest BCUT2D eigenvalue weighted by atomic mass is 35.5. The van der Waals surface area contributed by atoms with Crippen molar-refractivity contribution in [3.63, 3.8) is 0 Å². The van der Waals surface area contributed by atoms with E-state index in [1.807, 2.05) is 18.2 Å². The molecule has 1 aliphatic rings. The first kappa shape index (κ1) is 16.5. The lowest BCUT2D eigenvalue weighted by atomic mass is 10.1. The number of anilines is 1. The van der Waals surface area contributed by atoms with Crippen LogP contribution in [0.3, 0.4) is 0 Å². The average molecular weight is 385 g/mol. The Hall–Kier alpha value is -1.33. The maximum Gasteiger partial charge on any atom is 0.229 e. The summed E-state index contributed by atoms with van der Waals surface area (Å²) in [5.41, 5.74) is 0.977. The van der Waals surface area contributed by atoms with E-state index in [0.29, 0.717) is 25.3 Å².